The lowest BCUT2D eigenvalue weighted by Crippen LogP contribution is -2.40. The Hall–Kier alpha value is -1.35. The Bertz CT molecular complexity index is 431. The van der Waals surface area contributed by atoms with E-state index in [4.69, 9.17) is 0 Å². The van der Waals surface area contributed by atoms with Gasteiger partial charge < -0.3 is 10.2 Å². The number of hydrogen-bond donors (Lipinski definition) is 1. The van der Waals surface area contributed by atoms with Crippen LogP contribution in [0.2, 0.25) is 0 Å². The number of likely N-dealkylation sites (tertiary alicyclic amines) is 1. The van der Waals surface area contributed by atoms with Gasteiger partial charge in [0.05, 0.1) is 0 Å². The van der Waals surface area contributed by atoms with Crippen molar-refractivity contribution in [1.82, 2.24) is 10.2 Å². The second-order valence-corrected chi connectivity index (χ2v) is 5.52. The van der Waals surface area contributed by atoms with E-state index >= 15 is 0 Å². The Morgan fingerprint density at radius 2 is 2.32 bits per heavy atom. The number of nitrogens with zero attached hydrogens (tertiary/aromatic N) is 1. The minimum Gasteiger partial charge on any atom is -0.338 e. The zero-order valence-corrected chi connectivity index (χ0v) is 12.0. The van der Waals surface area contributed by atoms with Crippen LogP contribution in [-0.2, 0) is 0 Å². The Morgan fingerprint density at radius 1 is 1.47 bits per heavy atom. The normalized spacial score (nSPS) is 19.5. The maximum atomic E-state index is 12.5. The molecule has 1 saturated heterocycles. The molecule has 1 heterocycles. The van der Waals surface area contributed by atoms with Gasteiger partial charge in [0.25, 0.3) is 5.91 Å². The van der Waals surface area contributed by atoms with Crippen molar-refractivity contribution in [3.8, 4) is 0 Å². The maximum absolute atomic E-state index is 12.5. The van der Waals surface area contributed by atoms with E-state index in [0.29, 0.717) is 5.92 Å². The summed E-state index contributed by atoms with van der Waals surface area (Å²) < 4.78 is 0. The Balaban J connectivity index is 1.99. The lowest BCUT2D eigenvalue weighted by molar-refractivity contribution is 0.0668. The SMILES string of the molecule is CNCCC1CCCN(C(=O)c2cccc(C)c2)C1. The quantitative estimate of drug-likeness (QED) is 0.902. The molecule has 19 heavy (non-hydrogen) atoms. The molecule has 104 valence electrons. The van der Waals surface area contributed by atoms with Gasteiger partial charge in [-0.1, -0.05) is 17.7 Å². The molecule has 2 rings (SSSR count). The summed E-state index contributed by atoms with van der Waals surface area (Å²) in [5.74, 6) is 0.841. The van der Waals surface area contributed by atoms with Crippen LogP contribution in [0.3, 0.4) is 0 Å². The van der Waals surface area contributed by atoms with E-state index in [2.05, 4.69) is 5.32 Å². The van der Waals surface area contributed by atoms with E-state index in [9.17, 15) is 4.79 Å². The highest BCUT2D eigenvalue weighted by molar-refractivity contribution is 5.94. The van der Waals surface area contributed by atoms with Crippen molar-refractivity contribution >= 4 is 5.91 Å². The summed E-state index contributed by atoms with van der Waals surface area (Å²) in [4.78, 5) is 14.5. The Labute approximate surface area is 116 Å². The number of aryl methyl sites for hydroxylation is 1. The zero-order chi connectivity index (χ0) is 13.7. The average molecular weight is 260 g/mol. The molecule has 0 saturated carbocycles. The number of carbonyl (C=O) groups is 1. The minimum absolute atomic E-state index is 0.192. The fourth-order valence-corrected chi connectivity index (χ4v) is 2.79. The molecule has 0 radical (unpaired) electrons. The van der Waals surface area contributed by atoms with Gasteiger partial charge in [0.1, 0.15) is 0 Å². The third kappa shape index (κ3) is 3.80. The van der Waals surface area contributed by atoms with Crippen LogP contribution in [0.25, 0.3) is 0 Å². The molecule has 1 N–H and O–H groups in total. The summed E-state index contributed by atoms with van der Waals surface area (Å²) in [5.41, 5.74) is 1.98. The summed E-state index contributed by atoms with van der Waals surface area (Å²) >= 11 is 0. The molecule has 3 heteroatoms. The van der Waals surface area contributed by atoms with E-state index in [1.807, 2.05) is 43.1 Å². The molecule has 1 unspecified atom stereocenters. The van der Waals surface area contributed by atoms with Crippen LogP contribution < -0.4 is 5.32 Å². The molecule has 1 fully saturated rings. The monoisotopic (exact) mass is 260 g/mol. The van der Waals surface area contributed by atoms with Crippen molar-refractivity contribution in [2.75, 3.05) is 26.7 Å². The molecular weight excluding hydrogens is 236 g/mol. The van der Waals surface area contributed by atoms with Crippen LogP contribution in [0, 0.1) is 12.8 Å². The lowest BCUT2D eigenvalue weighted by atomic mass is 9.94. The first-order chi connectivity index (χ1) is 9.20. The highest BCUT2D eigenvalue weighted by Gasteiger charge is 2.24. The van der Waals surface area contributed by atoms with Crippen molar-refractivity contribution in [3.05, 3.63) is 35.4 Å². The summed E-state index contributed by atoms with van der Waals surface area (Å²) in [6.45, 7) is 4.89. The Morgan fingerprint density at radius 3 is 3.05 bits per heavy atom. The molecule has 0 spiro atoms. The van der Waals surface area contributed by atoms with Crippen molar-refractivity contribution in [2.45, 2.75) is 26.2 Å². The van der Waals surface area contributed by atoms with Gasteiger partial charge in [-0.2, -0.15) is 0 Å². The fraction of sp³-hybridized carbons (Fsp3) is 0.562. The first-order valence-electron chi connectivity index (χ1n) is 7.21. The number of piperidine rings is 1. The second kappa shape index (κ2) is 6.71. The molecule has 0 aromatic heterocycles. The first kappa shape index (κ1) is 14.1. The van der Waals surface area contributed by atoms with Crippen LogP contribution >= 0.6 is 0 Å². The number of hydrogen-bond acceptors (Lipinski definition) is 2. The van der Waals surface area contributed by atoms with Crippen LogP contribution in [0.15, 0.2) is 24.3 Å². The van der Waals surface area contributed by atoms with Crippen LogP contribution in [0.5, 0.6) is 0 Å². The lowest BCUT2D eigenvalue weighted by Gasteiger charge is -2.33. The third-order valence-corrected chi connectivity index (χ3v) is 3.87. The number of rotatable bonds is 4. The average Bonchev–Trinajstić information content (AvgIpc) is 2.44. The third-order valence-electron chi connectivity index (χ3n) is 3.87. The topological polar surface area (TPSA) is 32.3 Å². The minimum atomic E-state index is 0.192. The van der Waals surface area contributed by atoms with Crippen molar-refractivity contribution < 1.29 is 4.79 Å². The summed E-state index contributed by atoms with van der Waals surface area (Å²) in [5, 5.41) is 3.19. The number of benzene rings is 1. The van der Waals surface area contributed by atoms with Gasteiger partial charge in [-0.05, 0) is 57.8 Å². The van der Waals surface area contributed by atoms with Gasteiger partial charge in [0.15, 0.2) is 0 Å². The van der Waals surface area contributed by atoms with Gasteiger partial charge in [-0.25, -0.2) is 0 Å². The number of nitrogens with one attached hydrogen (secondary N) is 1. The molecule has 1 amide bonds. The van der Waals surface area contributed by atoms with E-state index in [-0.39, 0.29) is 5.91 Å². The first-order valence-corrected chi connectivity index (χ1v) is 7.21. The van der Waals surface area contributed by atoms with Crippen molar-refractivity contribution in [3.63, 3.8) is 0 Å². The molecule has 0 bridgehead atoms. The standard InChI is InChI=1S/C16H24N2O/c1-13-5-3-7-15(11-13)16(19)18-10-4-6-14(12-18)8-9-17-2/h3,5,7,11,14,17H,4,6,8-10,12H2,1-2H3. The summed E-state index contributed by atoms with van der Waals surface area (Å²) in [7, 11) is 1.98. The molecule has 1 aromatic rings. The molecule has 1 aliphatic heterocycles. The van der Waals surface area contributed by atoms with E-state index in [1.165, 1.54) is 6.42 Å². The molecular formula is C16H24N2O. The van der Waals surface area contributed by atoms with E-state index in [1.54, 1.807) is 0 Å². The van der Waals surface area contributed by atoms with Gasteiger partial charge in [0.2, 0.25) is 0 Å². The van der Waals surface area contributed by atoms with Crippen LogP contribution in [0.1, 0.15) is 35.2 Å². The predicted molar refractivity (Wildman–Crippen MR) is 78.4 cm³/mol. The van der Waals surface area contributed by atoms with Gasteiger partial charge in [0, 0.05) is 18.7 Å². The summed E-state index contributed by atoms with van der Waals surface area (Å²) in [6.07, 6.45) is 3.54. The highest BCUT2D eigenvalue weighted by Crippen LogP contribution is 2.21. The molecule has 3 nitrogen and oxygen atoms in total. The largest absolute Gasteiger partial charge is 0.338 e. The smallest absolute Gasteiger partial charge is 0.253 e. The Kier molecular flexibility index (Phi) is 4.97. The van der Waals surface area contributed by atoms with Crippen molar-refractivity contribution in [2.24, 2.45) is 5.92 Å². The second-order valence-electron chi connectivity index (χ2n) is 5.52. The van der Waals surface area contributed by atoms with E-state index in [0.717, 1.165) is 43.6 Å². The van der Waals surface area contributed by atoms with Crippen LogP contribution in [0.4, 0.5) is 0 Å². The molecule has 0 aliphatic carbocycles. The molecule has 1 aliphatic rings. The number of amides is 1. The number of carbonyl (C=O) groups excluding carboxylic acids is 1. The molecule has 1 aromatic carbocycles. The van der Waals surface area contributed by atoms with E-state index < -0.39 is 0 Å². The van der Waals surface area contributed by atoms with Gasteiger partial charge >= 0.3 is 0 Å². The fourth-order valence-electron chi connectivity index (χ4n) is 2.79. The maximum Gasteiger partial charge on any atom is 0.253 e. The van der Waals surface area contributed by atoms with Crippen LogP contribution in [-0.4, -0.2) is 37.5 Å². The predicted octanol–water partition coefficient (Wildman–Crippen LogP) is 2.46. The summed E-state index contributed by atoms with van der Waals surface area (Å²) in [6, 6.07) is 7.90. The van der Waals surface area contributed by atoms with Gasteiger partial charge in [-0.15, -0.1) is 0 Å². The van der Waals surface area contributed by atoms with Crippen molar-refractivity contribution in [1.29, 1.82) is 0 Å². The zero-order valence-electron chi connectivity index (χ0n) is 12.0. The molecule has 1 atom stereocenters. The highest BCUT2D eigenvalue weighted by atomic mass is 16.2. The van der Waals surface area contributed by atoms with Gasteiger partial charge in [-0.3, -0.25) is 4.79 Å².